The molecule has 1 aliphatic rings. The number of rotatable bonds is 8. The molecule has 1 amide bonds. The van der Waals surface area contributed by atoms with E-state index in [2.05, 4.69) is 29.4 Å². The third-order valence-electron chi connectivity index (χ3n) is 5.07. The lowest BCUT2D eigenvalue weighted by molar-refractivity contribution is -0.120. The largest absolute Gasteiger partial charge is 0.490 e. The first-order valence-electron chi connectivity index (χ1n) is 9.97. The Labute approximate surface area is 172 Å². The van der Waals surface area contributed by atoms with E-state index >= 15 is 0 Å². The Morgan fingerprint density at radius 1 is 1.11 bits per heavy atom. The molecule has 150 valence electrons. The SMILES string of the molecule is C[C@@H](SCc1ccccc1)C(=O)NCc1ccc(OC2CCN(C)CC2)cc1. The average Bonchev–Trinajstić information content (AvgIpc) is 2.73. The molecule has 3 rings (SSSR count). The van der Waals surface area contributed by atoms with Gasteiger partial charge < -0.3 is 15.0 Å². The highest BCUT2D eigenvalue weighted by molar-refractivity contribution is 7.99. The monoisotopic (exact) mass is 398 g/mol. The number of thioether (sulfide) groups is 1. The first-order valence-corrected chi connectivity index (χ1v) is 11.0. The molecule has 0 unspecified atom stereocenters. The molecule has 2 aromatic carbocycles. The van der Waals surface area contributed by atoms with Crippen molar-refractivity contribution in [2.75, 3.05) is 20.1 Å². The van der Waals surface area contributed by atoms with Crippen molar-refractivity contribution >= 4 is 17.7 Å². The third kappa shape index (κ3) is 6.57. The average molecular weight is 399 g/mol. The molecule has 1 saturated heterocycles. The predicted molar refractivity (Wildman–Crippen MR) is 117 cm³/mol. The summed E-state index contributed by atoms with van der Waals surface area (Å²) in [7, 11) is 2.15. The number of benzene rings is 2. The van der Waals surface area contributed by atoms with E-state index in [1.165, 1.54) is 5.56 Å². The summed E-state index contributed by atoms with van der Waals surface area (Å²) in [4.78, 5) is 14.7. The molecule has 0 bridgehead atoms. The lowest BCUT2D eigenvalue weighted by Crippen LogP contribution is -2.35. The number of hydrogen-bond acceptors (Lipinski definition) is 4. The summed E-state index contributed by atoms with van der Waals surface area (Å²) >= 11 is 1.66. The fourth-order valence-electron chi connectivity index (χ4n) is 3.19. The van der Waals surface area contributed by atoms with E-state index in [0.717, 1.165) is 43.0 Å². The predicted octanol–water partition coefficient (Wildman–Crippen LogP) is 4.10. The normalized spacial score (nSPS) is 16.5. The highest BCUT2D eigenvalue weighted by Crippen LogP contribution is 2.20. The molecule has 0 spiro atoms. The quantitative estimate of drug-likeness (QED) is 0.727. The number of nitrogens with one attached hydrogen (secondary N) is 1. The van der Waals surface area contributed by atoms with Gasteiger partial charge in [-0.3, -0.25) is 4.79 Å². The molecule has 28 heavy (non-hydrogen) atoms. The number of ether oxygens (including phenoxy) is 1. The molecule has 1 atom stereocenters. The van der Waals surface area contributed by atoms with Crippen LogP contribution in [-0.4, -0.2) is 42.3 Å². The minimum atomic E-state index is -0.0766. The Kier molecular flexibility index (Phi) is 7.80. The van der Waals surface area contributed by atoms with Gasteiger partial charge in [0.1, 0.15) is 11.9 Å². The third-order valence-corrected chi connectivity index (χ3v) is 6.28. The van der Waals surface area contributed by atoms with Gasteiger partial charge in [-0.25, -0.2) is 0 Å². The molecule has 0 aromatic heterocycles. The van der Waals surface area contributed by atoms with Gasteiger partial charge in [0, 0.05) is 25.4 Å². The van der Waals surface area contributed by atoms with Gasteiger partial charge in [0.2, 0.25) is 5.91 Å². The van der Waals surface area contributed by atoms with Crippen LogP contribution in [0.3, 0.4) is 0 Å². The molecule has 4 nitrogen and oxygen atoms in total. The van der Waals surface area contributed by atoms with Crippen LogP contribution in [0.15, 0.2) is 54.6 Å². The Balaban J connectivity index is 1.39. The summed E-state index contributed by atoms with van der Waals surface area (Å²) in [5, 5.41) is 2.96. The number of likely N-dealkylation sites (tertiary alicyclic amines) is 1. The molecule has 1 heterocycles. The van der Waals surface area contributed by atoms with E-state index in [4.69, 9.17) is 4.74 Å². The fraction of sp³-hybridized carbons (Fsp3) is 0.435. The second-order valence-corrected chi connectivity index (χ2v) is 8.75. The second-order valence-electron chi connectivity index (χ2n) is 7.42. The molecule has 0 aliphatic carbocycles. The molecule has 1 aliphatic heterocycles. The molecule has 5 heteroatoms. The summed E-state index contributed by atoms with van der Waals surface area (Å²) in [6.45, 7) is 4.69. The van der Waals surface area contributed by atoms with E-state index in [1.807, 2.05) is 49.4 Å². The van der Waals surface area contributed by atoms with Crippen molar-refractivity contribution in [2.24, 2.45) is 0 Å². The molecule has 1 fully saturated rings. The van der Waals surface area contributed by atoms with Crippen LogP contribution in [0.25, 0.3) is 0 Å². The summed E-state index contributed by atoms with van der Waals surface area (Å²) in [5.74, 6) is 1.84. The smallest absolute Gasteiger partial charge is 0.233 e. The van der Waals surface area contributed by atoms with Crippen molar-refractivity contribution in [3.8, 4) is 5.75 Å². The maximum Gasteiger partial charge on any atom is 0.233 e. The zero-order valence-corrected chi connectivity index (χ0v) is 17.6. The number of amides is 1. The van der Waals surface area contributed by atoms with Crippen LogP contribution < -0.4 is 10.1 Å². The molecule has 0 radical (unpaired) electrons. The van der Waals surface area contributed by atoms with Crippen LogP contribution >= 0.6 is 11.8 Å². The molecular formula is C23H30N2O2S. The van der Waals surface area contributed by atoms with Gasteiger partial charge in [0.25, 0.3) is 0 Å². The van der Waals surface area contributed by atoms with Gasteiger partial charge in [0.15, 0.2) is 0 Å². The van der Waals surface area contributed by atoms with Crippen LogP contribution in [0.4, 0.5) is 0 Å². The summed E-state index contributed by atoms with van der Waals surface area (Å²) in [5.41, 5.74) is 2.33. The Morgan fingerprint density at radius 2 is 1.79 bits per heavy atom. The van der Waals surface area contributed by atoms with Crippen molar-refractivity contribution in [1.82, 2.24) is 10.2 Å². The zero-order valence-electron chi connectivity index (χ0n) is 16.8. The highest BCUT2D eigenvalue weighted by atomic mass is 32.2. The Bertz CT molecular complexity index is 728. The topological polar surface area (TPSA) is 41.6 Å². The maximum absolute atomic E-state index is 12.3. The van der Waals surface area contributed by atoms with Crippen molar-refractivity contribution in [2.45, 2.75) is 43.4 Å². The van der Waals surface area contributed by atoms with Crippen LogP contribution in [0, 0.1) is 0 Å². The Hall–Kier alpha value is -1.98. The number of carbonyl (C=O) groups is 1. The number of carbonyl (C=O) groups excluding carboxylic acids is 1. The molecule has 2 aromatic rings. The van der Waals surface area contributed by atoms with Crippen molar-refractivity contribution in [3.05, 3.63) is 65.7 Å². The second kappa shape index (κ2) is 10.5. The molecule has 1 N–H and O–H groups in total. The van der Waals surface area contributed by atoms with Crippen molar-refractivity contribution in [3.63, 3.8) is 0 Å². The van der Waals surface area contributed by atoms with Gasteiger partial charge in [-0.15, -0.1) is 11.8 Å². The van der Waals surface area contributed by atoms with E-state index in [-0.39, 0.29) is 11.2 Å². The number of piperidine rings is 1. The maximum atomic E-state index is 12.3. The number of nitrogens with zero attached hydrogens (tertiary/aromatic N) is 1. The van der Waals surface area contributed by atoms with Gasteiger partial charge in [-0.05, 0) is 50.1 Å². The van der Waals surface area contributed by atoms with E-state index in [1.54, 1.807) is 11.8 Å². The fourth-order valence-corrected chi connectivity index (χ4v) is 4.05. The van der Waals surface area contributed by atoms with Crippen molar-refractivity contribution in [1.29, 1.82) is 0 Å². The zero-order chi connectivity index (χ0) is 19.8. The van der Waals surface area contributed by atoms with E-state index < -0.39 is 0 Å². The summed E-state index contributed by atoms with van der Waals surface area (Å²) in [6.07, 6.45) is 2.46. The lowest BCUT2D eigenvalue weighted by atomic mass is 10.1. The van der Waals surface area contributed by atoms with Crippen LogP contribution in [-0.2, 0) is 17.1 Å². The van der Waals surface area contributed by atoms with E-state index in [9.17, 15) is 4.79 Å². The standard InChI is InChI=1S/C23H30N2O2S/c1-18(28-17-20-6-4-3-5-7-20)23(26)24-16-19-8-10-21(11-9-19)27-22-12-14-25(2)15-13-22/h3-11,18,22H,12-17H2,1-2H3,(H,24,26)/t18-/m1/s1. The van der Waals surface area contributed by atoms with Crippen LogP contribution in [0.5, 0.6) is 5.75 Å². The minimum absolute atomic E-state index is 0.0765. The summed E-state index contributed by atoms with van der Waals surface area (Å²) in [6, 6.07) is 18.3. The lowest BCUT2D eigenvalue weighted by Gasteiger charge is -2.29. The van der Waals surface area contributed by atoms with Crippen LogP contribution in [0.2, 0.25) is 0 Å². The molecular weight excluding hydrogens is 368 g/mol. The van der Waals surface area contributed by atoms with Crippen LogP contribution in [0.1, 0.15) is 30.9 Å². The van der Waals surface area contributed by atoms with Gasteiger partial charge in [0.05, 0.1) is 5.25 Å². The minimum Gasteiger partial charge on any atom is -0.490 e. The first kappa shape index (κ1) is 20.7. The molecule has 0 saturated carbocycles. The van der Waals surface area contributed by atoms with Crippen molar-refractivity contribution < 1.29 is 9.53 Å². The van der Waals surface area contributed by atoms with Gasteiger partial charge in [-0.1, -0.05) is 42.5 Å². The van der Waals surface area contributed by atoms with E-state index in [0.29, 0.717) is 12.6 Å². The Morgan fingerprint density at radius 3 is 2.46 bits per heavy atom. The first-order chi connectivity index (χ1) is 13.6. The number of hydrogen-bond donors (Lipinski definition) is 1. The highest BCUT2D eigenvalue weighted by Gasteiger charge is 2.18. The summed E-state index contributed by atoms with van der Waals surface area (Å²) < 4.78 is 6.08. The van der Waals surface area contributed by atoms with Gasteiger partial charge >= 0.3 is 0 Å². The van der Waals surface area contributed by atoms with Gasteiger partial charge in [-0.2, -0.15) is 0 Å².